The van der Waals surface area contributed by atoms with Crippen LogP contribution in [0.1, 0.15) is 17.4 Å². The first kappa shape index (κ1) is 16.3. The summed E-state index contributed by atoms with van der Waals surface area (Å²) in [6, 6.07) is 13.2. The highest BCUT2D eigenvalue weighted by molar-refractivity contribution is 5.78. The van der Waals surface area contributed by atoms with Crippen LogP contribution in [0.3, 0.4) is 0 Å². The zero-order chi connectivity index (χ0) is 17.9. The van der Waals surface area contributed by atoms with Crippen molar-refractivity contribution in [3.63, 3.8) is 0 Å². The molecule has 1 aliphatic rings. The number of benzene rings is 1. The molecule has 0 bridgehead atoms. The van der Waals surface area contributed by atoms with Crippen molar-refractivity contribution in [2.24, 2.45) is 0 Å². The monoisotopic (exact) mass is 350 g/mol. The summed E-state index contributed by atoms with van der Waals surface area (Å²) in [5, 5.41) is 3.97. The molecule has 2 aromatic heterocycles. The van der Waals surface area contributed by atoms with Crippen LogP contribution in [0.25, 0.3) is 11.5 Å². The summed E-state index contributed by atoms with van der Waals surface area (Å²) < 4.78 is 10.9. The molecule has 0 aliphatic carbocycles. The SMILES string of the molecule is Cc1ccc(OCC(=O)N2CC(c3nc(-c4ccccn4)no3)C2)cc1. The Labute approximate surface area is 150 Å². The Balaban J connectivity index is 1.29. The molecule has 0 spiro atoms. The van der Waals surface area contributed by atoms with Crippen molar-refractivity contribution in [1.82, 2.24) is 20.0 Å². The summed E-state index contributed by atoms with van der Waals surface area (Å²) in [4.78, 5) is 22.5. The third-order valence-electron chi connectivity index (χ3n) is 4.30. The van der Waals surface area contributed by atoms with Gasteiger partial charge in [0.15, 0.2) is 6.61 Å². The molecule has 0 N–H and O–H groups in total. The third-order valence-corrected chi connectivity index (χ3v) is 4.30. The van der Waals surface area contributed by atoms with Crippen molar-refractivity contribution in [2.75, 3.05) is 19.7 Å². The number of hydrogen-bond acceptors (Lipinski definition) is 6. The van der Waals surface area contributed by atoms with E-state index in [1.54, 1.807) is 11.1 Å². The van der Waals surface area contributed by atoms with Crippen molar-refractivity contribution >= 4 is 5.91 Å². The highest BCUT2D eigenvalue weighted by Gasteiger charge is 2.35. The molecule has 3 aromatic rings. The number of ether oxygens (including phenoxy) is 1. The van der Waals surface area contributed by atoms with Crippen LogP contribution in [0, 0.1) is 6.92 Å². The molecule has 4 rings (SSSR count). The molecule has 7 heteroatoms. The van der Waals surface area contributed by atoms with Gasteiger partial charge in [0.05, 0.1) is 5.92 Å². The first-order valence-electron chi connectivity index (χ1n) is 8.41. The number of amides is 1. The highest BCUT2D eigenvalue weighted by atomic mass is 16.5. The molecule has 1 aromatic carbocycles. The van der Waals surface area contributed by atoms with Gasteiger partial charge in [0, 0.05) is 19.3 Å². The predicted molar refractivity (Wildman–Crippen MR) is 93.5 cm³/mol. The van der Waals surface area contributed by atoms with Gasteiger partial charge in [-0.25, -0.2) is 0 Å². The standard InChI is InChI=1S/C19H18N4O3/c1-13-5-7-15(8-6-13)25-12-17(24)23-10-14(11-23)19-21-18(22-26-19)16-4-2-3-9-20-16/h2-9,14H,10-12H2,1H3. The molecule has 0 atom stereocenters. The number of carbonyl (C=O) groups is 1. The first-order chi connectivity index (χ1) is 12.7. The van der Waals surface area contributed by atoms with Gasteiger partial charge in [-0.1, -0.05) is 28.9 Å². The van der Waals surface area contributed by atoms with Gasteiger partial charge in [-0.05, 0) is 31.2 Å². The number of pyridine rings is 1. The van der Waals surface area contributed by atoms with Crippen molar-refractivity contribution in [1.29, 1.82) is 0 Å². The lowest BCUT2D eigenvalue weighted by atomic mass is 10.0. The maximum absolute atomic E-state index is 12.2. The Morgan fingerprint density at radius 2 is 2.04 bits per heavy atom. The van der Waals surface area contributed by atoms with Crippen LogP contribution in [0.15, 0.2) is 53.2 Å². The molecule has 0 saturated carbocycles. The van der Waals surface area contributed by atoms with E-state index in [9.17, 15) is 4.79 Å². The van der Waals surface area contributed by atoms with E-state index in [0.29, 0.717) is 36.2 Å². The molecule has 7 nitrogen and oxygen atoms in total. The lowest BCUT2D eigenvalue weighted by molar-refractivity contribution is -0.138. The number of likely N-dealkylation sites (tertiary alicyclic amines) is 1. The molecule has 1 amide bonds. The van der Waals surface area contributed by atoms with Gasteiger partial charge >= 0.3 is 0 Å². The molecule has 3 heterocycles. The molecular formula is C19H18N4O3. The first-order valence-corrected chi connectivity index (χ1v) is 8.41. The molecule has 1 aliphatic heterocycles. The minimum Gasteiger partial charge on any atom is -0.484 e. The fourth-order valence-corrected chi connectivity index (χ4v) is 2.71. The predicted octanol–water partition coefficient (Wildman–Crippen LogP) is 2.44. The maximum atomic E-state index is 12.2. The van der Waals surface area contributed by atoms with E-state index in [2.05, 4.69) is 15.1 Å². The number of aromatic nitrogens is 3. The number of rotatable bonds is 5. The molecule has 26 heavy (non-hydrogen) atoms. The minimum atomic E-state index is -0.0497. The van der Waals surface area contributed by atoms with Gasteiger partial charge in [0.25, 0.3) is 5.91 Å². The summed E-state index contributed by atoms with van der Waals surface area (Å²) in [6.45, 7) is 3.14. The van der Waals surface area contributed by atoms with Gasteiger partial charge in [-0.3, -0.25) is 9.78 Å². The lowest BCUT2D eigenvalue weighted by Crippen LogP contribution is -2.50. The summed E-state index contributed by atoms with van der Waals surface area (Å²) in [6.07, 6.45) is 1.68. The van der Waals surface area contributed by atoms with Gasteiger partial charge in [0.2, 0.25) is 11.7 Å². The Morgan fingerprint density at radius 1 is 1.23 bits per heavy atom. The van der Waals surface area contributed by atoms with Crippen LogP contribution in [0.4, 0.5) is 0 Å². The van der Waals surface area contributed by atoms with E-state index >= 15 is 0 Å². The molecule has 132 valence electrons. The average Bonchev–Trinajstić information content (AvgIpc) is 3.10. The fraction of sp³-hybridized carbons (Fsp3) is 0.263. The number of carbonyl (C=O) groups excluding carboxylic acids is 1. The molecule has 1 saturated heterocycles. The summed E-state index contributed by atoms with van der Waals surface area (Å²) >= 11 is 0. The van der Waals surface area contributed by atoms with Crippen LogP contribution >= 0.6 is 0 Å². The Bertz CT molecular complexity index is 887. The van der Waals surface area contributed by atoms with Gasteiger partial charge < -0.3 is 14.2 Å². The Morgan fingerprint density at radius 3 is 2.77 bits per heavy atom. The Kier molecular flexibility index (Phi) is 4.35. The molecule has 0 radical (unpaired) electrons. The van der Waals surface area contributed by atoms with Crippen LogP contribution < -0.4 is 4.74 Å². The average molecular weight is 350 g/mol. The number of nitrogens with zero attached hydrogens (tertiary/aromatic N) is 4. The molecule has 1 fully saturated rings. The lowest BCUT2D eigenvalue weighted by Gasteiger charge is -2.36. The van der Waals surface area contributed by atoms with Gasteiger partial charge in [-0.2, -0.15) is 4.98 Å². The normalized spacial score (nSPS) is 14.1. The second-order valence-electron chi connectivity index (χ2n) is 6.27. The number of hydrogen-bond donors (Lipinski definition) is 0. The van der Waals surface area contributed by atoms with E-state index in [1.807, 2.05) is 49.4 Å². The van der Waals surface area contributed by atoms with Crippen LogP contribution in [-0.2, 0) is 4.79 Å². The van der Waals surface area contributed by atoms with Crippen LogP contribution in [0.5, 0.6) is 5.75 Å². The zero-order valence-corrected chi connectivity index (χ0v) is 14.3. The Hall–Kier alpha value is -3.22. The van der Waals surface area contributed by atoms with E-state index in [0.717, 1.165) is 5.56 Å². The molecule has 0 unspecified atom stereocenters. The highest BCUT2D eigenvalue weighted by Crippen LogP contribution is 2.27. The largest absolute Gasteiger partial charge is 0.484 e. The van der Waals surface area contributed by atoms with Crippen molar-refractivity contribution in [3.8, 4) is 17.3 Å². The zero-order valence-electron chi connectivity index (χ0n) is 14.3. The van der Waals surface area contributed by atoms with E-state index in [4.69, 9.17) is 9.26 Å². The van der Waals surface area contributed by atoms with Crippen molar-refractivity contribution < 1.29 is 14.1 Å². The second kappa shape index (κ2) is 6.95. The second-order valence-corrected chi connectivity index (χ2v) is 6.27. The fourth-order valence-electron chi connectivity index (χ4n) is 2.71. The number of aryl methyl sites for hydroxylation is 1. The maximum Gasteiger partial charge on any atom is 0.260 e. The van der Waals surface area contributed by atoms with E-state index in [-0.39, 0.29) is 18.4 Å². The summed E-state index contributed by atoms with van der Waals surface area (Å²) in [7, 11) is 0. The smallest absolute Gasteiger partial charge is 0.260 e. The van der Waals surface area contributed by atoms with Crippen LogP contribution in [0.2, 0.25) is 0 Å². The van der Waals surface area contributed by atoms with Crippen LogP contribution in [-0.4, -0.2) is 45.6 Å². The van der Waals surface area contributed by atoms with E-state index in [1.165, 1.54) is 0 Å². The van der Waals surface area contributed by atoms with E-state index < -0.39 is 0 Å². The van der Waals surface area contributed by atoms with Gasteiger partial charge in [0.1, 0.15) is 11.4 Å². The quantitative estimate of drug-likeness (QED) is 0.703. The molecular weight excluding hydrogens is 332 g/mol. The summed E-state index contributed by atoms with van der Waals surface area (Å²) in [5.74, 6) is 1.70. The van der Waals surface area contributed by atoms with Crippen molar-refractivity contribution in [2.45, 2.75) is 12.8 Å². The minimum absolute atomic E-state index is 0.0266. The van der Waals surface area contributed by atoms with Gasteiger partial charge in [-0.15, -0.1) is 0 Å². The van der Waals surface area contributed by atoms with Crippen molar-refractivity contribution in [3.05, 3.63) is 60.1 Å². The topological polar surface area (TPSA) is 81.4 Å². The third kappa shape index (κ3) is 3.42. The summed E-state index contributed by atoms with van der Waals surface area (Å²) in [5.41, 5.74) is 1.82.